The van der Waals surface area contributed by atoms with Gasteiger partial charge in [0.2, 0.25) is 0 Å². The summed E-state index contributed by atoms with van der Waals surface area (Å²) in [5, 5.41) is 0. The Labute approximate surface area is 434 Å². The molecule has 71 heavy (non-hydrogen) atoms. The minimum Gasteiger partial charge on any atom is -0.462 e. The van der Waals surface area contributed by atoms with Crippen molar-refractivity contribution in [1.82, 2.24) is 0 Å². The number of unbranched alkanes of at least 4 members (excludes halogenated alkanes) is 17. The highest BCUT2D eigenvalue weighted by molar-refractivity contribution is 5.71. The van der Waals surface area contributed by atoms with Gasteiger partial charge in [-0.3, -0.25) is 14.4 Å². The molecule has 0 aliphatic rings. The molecule has 0 aliphatic heterocycles. The fourth-order valence-corrected chi connectivity index (χ4v) is 6.92. The Morgan fingerprint density at radius 1 is 0.296 bits per heavy atom. The van der Waals surface area contributed by atoms with Crippen molar-refractivity contribution in [3.05, 3.63) is 170 Å². The Morgan fingerprint density at radius 2 is 0.577 bits per heavy atom. The Hall–Kier alpha value is -5.23. The van der Waals surface area contributed by atoms with Gasteiger partial charge >= 0.3 is 17.9 Å². The maximum Gasteiger partial charge on any atom is 0.306 e. The first-order valence-corrected chi connectivity index (χ1v) is 27.8. The number of ether oxygens (including phenoxy) is 3. The molecule has 0 saturated carbocycles. The van der Waals surface area contributed by atoms with Gasteiger partial charge < -0.3 is 14.2 Å². The van der Waals surface area contributed by atoms with E-state index in [0.29, 0.717) is 25.7 Å². The normalized spacial score (nSPS) is 13.5. The number of allylic oxidation sites excluding steroid dienone is 28. The van der Waals surface area contributed by atoms with E-state index in [1.54, 1.807) is 0 Å². The molecule has 6 heteroatoms. The number of hydrogen-bond acceptors (Lipinski definition) is 6. The van der Waals surface area contributed by atoms with Gasteiger partial charge in [0.15, 0.2) is 6.10 Å². The molecule has 1 unspecified atom stereocenters. The molecule has 6 nitrogen and oxygen atoms in total. The van der Waals surface area contributed by atoms with E-state index >= 15 is 0 Å². The van der Waals surface area contributed by atoms with Gasteiger partial charge in [0.1, 0.15) is 13.2 Å². The minimum atomic E-state index is -0.821. The zero-order valence-corrected chi connectivity index (χ0v) is 44.9. The van der Waals surface area contributed by atoms with E-state index < -0.39 is 6.10 Å². The van der Waals surface area contributed by atoms with Crippen molar-refractivity contribution in [2.24, 2.45) is 0 Å². The highest BCUT2D eigenvalue weighted by atomic mass is 16.6. The van der Waals surface area contributed by atoms with Crippen molar-refractivity contribution in [3.8, 4) is 0 Å². The molecule has 0 aromatic carbocycles. The standard InChI is InChI=1S/C65H98O6/c1-4-7-10-13-16-19-22-25-28-30-32-34-37-40-43-46-49-52-55-58-64(67)70-61-62(60-69-63(66)57-54-51-48-45-42-39-36-27-24-21-18-15-12-9-6-3)71-65(68)59-56-53-50-47-44-41-38-35-33-31-29-26-23-20-17-14-11-8-5-2/h7-13,15-22,24-30,32,34,36-37,40,43,62H,4-6,14,23,31,33,35,38-39,41-42,44-61H2,1-3H3/b10-7-,11-8-,12-9-,16-13-,18-15-,20-17-,22-19-,24-21-,28-25-,29-26-,32-30+,36-27-,37-34-,43-40-. The van der Waals surface area contributed by atoms with Crippen LogP contribution in [0.3, 0.4) is 0 Å². The van der Waals surface area contributed by atoms with E-state index in [4.69, 9.17) is 14.2 Å². The van der Waals surface area contributed by atoms with Gasteiger partial charge in [-0.05, 0) is 89.9 Å². The van der Waals surface area contributed by atoms with Crippen LogP contribution in [0.25, 0.3) is 0 Å². The molecule has 0 aromatic rings. The third kappa shape index (κ3) is 55.6. The summed E-state index contributed by atoms with van der Waals surface area (Å²) in [4.78, 5) is 38.2. The average molecular weight is 975 g/mol. The predicted molar refractivity (Wildman–Crippen MR) is 306 cm³/mol. The molecular weight excluding hydrogens is 877 g/mol. The molecule has 0 heterocycles. The zero-order chi connectivity index (χ0) is 51.4. The highest BCUT2D eigenvalue weighted by Gasteiger charge is 2.19. The topological polar surface area (TPSA) is 78.9 Å². The van der Waals surface area contributed by atoms with Crippen molar-refractivity contribution in [1.29, 1.82) is 0 Å². The zero-order valence-electron chi connectivity index (χ0n) is 44.9. The minimum absolute atomic E-state index is 0.117. The number of hydrogen-bond donors (Lipinski definition) is 0. The van der Waals surface area contributed by atoms with Crippen LogP contribution in [-0.4, -0.2) is 37.2 Å². The summed E-state index contributed by atoms with van der Waals surface area (Å²) < 4.78 is 16.8. The number of carbonyl (C=O) groups is 3. The first-order chi connectivity index (χ1) is 35.0. The van der Waals surface area contributed by atoms with Crippen molar-refractivity contribution in [2.75, 3.05) is 13.2 Å². The van der Waals surface area contributed by atoms with Crippen LogP contribution in [0.2, 0.25) is 0 Å². The average Bonchev–Trinajstić information content (AvgIpc) is 3.37. The van der Waals surface area contributed by atoms with Gasteiger partial charge in [0, 0.05) is 19.3 Å². The largest absolute Gasteiger partial charge is 0.462 e. The fraction of sp³-hybridized carbons (Fsp3) is 0.523. The SMILES string of the molecule is CC\C=C/C=C\C=C/C=C\C=C\C=C/C=C\CCCCCC(=O)OCC(COC(=O)CCCCCCC\C=C/C=C\C=C/C=C\CC)OC(=O)CCCCCCCCCCC/C=C\C/C=C\C/C=C\CC. The van der Waals surface area contributed by atoms with E-state index in [1.807, 2.05) is 97.2 Å². The van der Waals surface area contributed by atoms with Crippen molar-refractivity contribution in [2.45, 2.75) is 207 Å². The molecular formula is C65H98O6. The van der Waals surface area contributed by atoms with Crippen LogP contribution >= 0.6 is 0 Å². The van der Waals surface area contributed by atoms with Gasteiger partial charge in [0.25, 0.3) is 0 Å². The molecule has 0 fully saturated rings. The van der Waals surface area contributed by atoms with E-state index in [0.717, 1.165) is 116 Å². The van der Waals surface area contributed by atoms with Crippen molar-refractivity contribution < 1.29 is 28.6 Å². The molecule has 0 bridgehead atoms. The van der Waals surface area contributed by atoms with E-state index in [1.165, 1.54) is 38.5 Å². The second-order valence-corrected chi connectivity index (χ2v) is 17.6. The molecule has 0 aliphatic carbocycles. The van der Waals surface area contributed by atoms with Gasteiger partial charge in [0.05, 0.1) is 0 Å². The van der Waals surface area contributed by atoms with Gasteiger partial charge in [-0.2, -0.15) is 0 Å². The number of esters is 3. The third-order valence-corrected chi connectivity index (χ3v) is 11.0. The van der Waals surface area contributed by atoms with E-state index in [9.17, 15) is 14.4 Å². The lowest BCUT2D eigenvalue weighted by Crippen LogP contribution is -2.30. The quantitative estimate of drug-likeness (QED) is 0.0199. The van der Waals surface area contributed by atoms with Gasteiger partial charge in [-0.1, -0.05) is 262 Å². The third-order valence-electron chi connectivity index (χ3n) is 11.0. The molecule has 0 N–H and O–H groups in total. The summed E-state index contributed by atoms with van der Waals surface area (Å²) in [7, 11) is 0. The fourth-order valence-electron chi connectivity index (χ4n) is 6.92. The number of carbonyl (C=O) groups excluding carboxylic acids is 3. The predicted octanol–water partition coefficient (Wildman–Crippen LogP) is 18.8. The van der Waals surface area contributed by atoms with Crippen LogP contribution < -0.4 is 0 Å². The van der Waals surface area contributed by atoms with Crippen LogP contribution in [0.4, 0.5) is 0 Å². The first-order valence-electron chi connectivity index (χ1n) is 27.8. The molecule has 0 amide bonds. The Morgan fingerprint density at radius 3 is 0.972 bits per heavy atom. The second kappa shape index (κ2) is 57.3. The van der Waals surface area contributed by atoms with Crippen molar-refractivity contribution >= 4 is 17.9 Å². The maximum atomic E-state index is 12.9. The lowest BCUT2D eigenvalue weighted by molar-refractivity contribution is -0.167. The van der Waals surface area contributed by atoms with Crippen molar-refractivity contribution in [3.63, 3.8) is 0 Å². The van der Waals surface area contributed by atoms with Crippen LogP contribution in [0.15, 0.2) is 170 Å². The molecule has 394 valence electrons. The van der Waals surface area contributed by atoms with Gasteiger partial charge in [-0.15, -0.1) is 0 Å². The van der Waals surface area contributed by atoms with Crippen LogP contribution in [0.5, 0.6) is 0 Å². The van der Waals surface area contributed by atoms with Gasteiger partial charge in [-0.25, -0.2) is 0 Å². The van der Waals surface area contributed by atoms with Crippen LogP contribution in [-0.2, 0) is 28.6 Å². The summed E-state index contributed by atoms with van der Waals surface area (Å²) in [5.41, 5.74) is 0. The molecule has 0 aromatic heterocycles. The Bertz CT molecular complexity index is 1690. The van der Waals surface area contributed by atoms with Crippen LogP contribution in [0, 0.1) is 0 Å². The smallest absolute Gasteiger partial charge is 0.306 e. The lowest BCUT2D eigenvalue weighted by atomic mass is 10.1. The molecule has 1 atom stereocenters. The molecule has 0 saturated heterocycles. The highest BCUT2D eigenvalue weighted by Crippen LogP contribution is 2.14. The second-order valence-electron chi connectivity index (χ2n) is 17.6. The Kier molecular flexibility index (Phi) is 53.1. The lowest BCUT2D eigenvalue weighted by Gasteiger charge is -2.18. The summed E-state index contributed by atoms with van der Waals surface area (Å²) in [6.07, 6.45) is 84.7. The monoisotopic (exact) mass is 975 g/mol. The van der Waals surface area contributed by atoms with E-state index in [2.05, 4.69) is 93.7 Å². The summed E-state index contributed by atoms with van der Waals surface area (Å²) >= 11 is 0. The summed E-state index contributed by atoms with van der Waals surface area (Å²) in [5.74, 6) is -1.00. The molecule has 0 rings (SSSR count). The van der Waals surface area contributed by atoms with Crippen LogP contribution in [0.1, 0.15) is 201 Å². The Balaban J connectivity index is 4.57. The first kappa shape index (κ1) is 65.8. The molecule has 0 radical (unpaired) electrons. The summed E-state index contributed by atoms with van der Waals surface area (Å²) in [6.45, 7) is 6.16. The maximum absolute atomic E-state index is 12.9. The number of rotatable bonds is 47. The molecule has 0 spiro atoms. The van der Waals surface area contributed by atoms with E-state index in [-0.39, 0.29) is 31.1 Å². The summed E-state index contributed by atoms with van der Waals surface area (Å²) in [6, 6.07) is 0.